The van der Waals surface area contributed by atoms with E-state index in [0.29, 0.717) is 30.8 Å². The molecule has 0 radical (unpaired) electrons. The molecule has 2 amide bonds. The highest BCUT2D eigenvalue weighted by atomic mass is 35.5. The first-order valence-corrected chi connectivity index (χ1v) is 7.19. The maximum Gasteiger partial charge on any atom is 0.261 e. The number of rotatable bonds is 6. The molecule has 1 aliphatic rings. The van der Waals surface area contributed by atoms with Crippen LogP contribution in [0.3, 0.4) is 0 Å². The molecular formula is C16H24ClN3O2. The molecule has 1 aromatic rings. The molecule has 5 nitrogen and oxygen atoms in total. The van der Waals surface area contributed by atoms with E-state index in [4.69, 9.17) is 5.73 Å². The Balaban J connectivity index is 0.00000242. The monoisotopic (exact) mass is 325 g/mol. The number of hydrogen-bond donors (Lipinski definition) is 1. The van der Waals surface area contributed by atoms with Crippen LogP contribution in [0.4, 0.5) is 0 Å². The molecule has 2 rings (SSSR count). The molecule has 0 unspecified atom stereocenters. The number of nitrogens with two attached hydrogens (primary N) is 1. The molecule has 0 saturated carbocycles. The van der Waals surface area contributed by atoms with Gasteiger partial charge in [0.15, 0.2) is 0 Å². The van der Waals surface area contributed by atoms with E-state index >= 15 is 0 Å². The standard InChI is InChI=1S/C16H23N3O2.ClH/c1-16(2,10-17)11-18(3)8-9-19-14(20)12-6-4-5-7-13(12)15(19)21;/h4-7H,8-11,17H2,1-3H3;1H. The van der Waals surface area contributed by atoms with Crippen molar-refractivity contribution in [3.63, 3.8) is 0 Å². The summed E-state index contributed by atoms with van der Waals surface area (Å²) in [5.41, 5.74) is 6.77. The summed E-state index contributed by atoms with van der Waals surface area (Å²) in [5.74, 6) is -0.385. The molecule has 2 N–H and O–H groups in total. The fraction of sp³-hybridized carbons (Fsp3) is 0.500. The van der Waals surface area contributed by atoms with Crippen LogP contribution in [0.15, 0.2) is 24.3 Å². The molecule has 0 bridgehead atoms. The second kappa shape index (κ2) is 7.22. The molecule has 122 valence electrons. The molecule has 1 aromatic carbocycles. The molecule has 0 fully saturated rings. The summed E-state index contributed by atoms with van der Waals surface area (Å²) < 4.78 is 0. The summed E-state index contributed by atoms with van der Waals surface area (Å²) >= 11 is 0. The Kier molecular flexibility index (Phi) is 6.11. The van der Waals surface area contributed by atoms with Crippen LogP contribution in [0.5, 0.6) is 0 Å². The molecule has 0 aromatic heterocycles. The number of hydrogen-bond acceptors (Lipinski definition) is 4. The van der Waals surface area contributed by atoms with Crippen LogP contribution in [0.1, 0.15) is 34.6 Å². The predicted molar refractivity (Wildman–Crippen MR) is 89.4 cm³/mol. The van der Waals surface area contributed by atoms with Crippen LogP contribution in [-0.4, -0.2) is 54.8 Å². The maximum absolute atomic E-state index is 12.2. The van der Waals surface area contributed by atoms with E-state index in [-0.39, 0.29) is 29.6 Å². The van der Waals surface area contributed by atoms with Crippen LogP contribution in [0.25, 0.3) is 0 Å². The van der Waals surface area contributed by atoms with Gasteiger partial charge >= 0.3 is 0 Å². The van der Waals surface area contributed by atoms with Gasteiger partial charge in [-0.1, -0.05) is 26.0 Å². The van der Waals surface area contributed by atoms with Gasteiger partial charge in [-0.05, 0) is 31.1 Å². The third-order valence-corrected chi connectivity index (χ3v) is 3.83. The topological polar surface area (TPSA) is 66.6 Å². The first kappa shape index (κ1) is 18.6. The zero-order valence-electron chi connectivity index (χ0n) is 13.3. The molecule has 1 aliphatic heterocycles. The second-order valence-corrected chi connectivity index (χ2v) is 6.41. The van der Waals surface area contributed by atoms with Gasteiger partial charge in [-0.15, -0.1) is 12.4 Å². The van der Waals surface area contributed by atoms with E-state index in [9.17, 15) is 9.59 Å². The van der Waals surface area contributed by atoms with Crippen molar-refractivity contribution in [2.75, 3.05) is 33.2 Å². The smallest absolute Gasteiger partial charge is 0.261 e. The number of carbonyl (C=O) groups excluding carboxylic acids is 2. The highest BCUT2D eigenvalue weighted by Gasteiger charge is 2.34. The van der Waals surface area contributed by atoms with Crippen LogP contribution in [0, 0.1) is 5.41 Å². The number of imide groups is 1. The van der Waals surface area contributed by atoms with Crippen LogP contribution in [-0.2, 0) is 0 Å². The highest BCUT2D eigenvalue weighted by Crippen LogP contribution is 2.22. The van der Waals surface area contributed by atoms with Gasteiger partial charge in [0.25, 0.3) is 11.8 Å². The third kappa shape index (κ3) is 3.85. The van der Waals surface area contributed by atoms with Crippen molar-refractivity contribution in [3.05, 3.63) is 35.4 Å². The summed E-state index contributed by atoms with van der Waals surface area (Å²) in [6.45, 7) is 6.69. The minimum absolute atomic E-state index is 0. The minimum atomic E-state index is -0.193. The molecule has 6 heteroatoms. The Morgan fingerprint density at radius 3 is 2.09 bits per heavy atom. The Bertz CT molecular complexity index is 525. The number of carbonyl (C=O) groups is 2. The van der Waals surface area contributed by atoms with Gasteiger partial charge in [-0.3, -0.25) is 14.5 Å². The Labute approximate surface area is 137 Å². The van der Waals surface area contributed by atoms with Crippen molar-refractivity contribution in [1.82, 2.24) is 9.80 Å². The molecule has 0 saturated heterocycles. The van der Waals surface area contributed by atoms with Gasteiger partial charge in [0.2, 0.25) is 0 Å². The van der Waals surface area contributed by atoms with Crippen LogP contribution < -0.4 is 5.73 Å². The van der Waals surface area contributed by atoms with E-state index < -0.39 is 0 Å². The molecule has 0 spiro atoms. The Morgan fingerprint density at radius 1 is 1.14 bits per heavy atom. The lowest BCUT2D eigenvalue weighted by Gasteiger charge is -2.29. The fourth-order valence-corrected chi connectivity index (χ4v) is 2.59. The van der Waals surface area contributed by atoms with Crippen molar-refractivity contribution in [2.45, 2.75) is 13.8 Å². The molecule has 1 heterocycles. The lowest BCUT2D eigenvalue weighted by atomic mass is 9.93. The van der Waals surface area contributed by atoms with E-state index in [1.54, 1.807) is 24.3 Å². The van der Waals surface area contributed by atoms with Crippen LogP contribution >= 0.6 is 12.4 Å². The minimum Gasteiger partial charge on any atom is -0.330 e. The second-order valence-electron chi connectivity index (χ2n) is 6.41. The van der Waals surface area contributed by atoms with E-state index in [2.05, 4.69) is 18.7 Å². The van der Waals surface area contributed by atoms with Gasteiger partial charge in [-0.2, -0.15) is 0 Å². The molecule has 0 aliphatic carbocycles. The van der Waals surface area contributed by atoms with Crippen LogP contribution in [0.2, 0.25) is 0 Å². The molecular weight excluding hydrogens is 302 g/mol. The van der Waals surface area contributed by atoms with Gasteiger partial charge in [-0.25, -0.2) is 0 Å². The van der Waals surface area contributed by atoms with Crippen molar-refractivity contribution in [2.24, 2.45) is 11.1 Å². The normalized spacial score (nSPS) is 14.3. The number of halogens is 1. The Hall–Kier alpha value is -1.43. The van der Waals surface area contributed by atoms with Gasteiger partial charge in [0, 0.05) is 19.6 Å². The molecule has 22 heavy (non-hydrogen) atoms. The number of likely N-dealkylation sites (N-methyl/N-ethyl adjacent to an activating group) is 1. The number of benzene rings is 1. The number of amides is 2. The van der Waals surface area contributed by atoms with Gasteiger partial charge in [0.1, 0.15) is 0 Å². The molecule has 0 atom stereocenters. The van der Waals surface area contributed by atoms with E-state index in [0.717, 1.165) is 6.54 Å². The van der Waals surface area contributed by atoms with Crippen molar-refractivity contribution < 1.29 is 9.59 Å². The maximum atomic E-state index is 12.2. The zero-order valence-corrected chi connectivity index (χ0v) is 14.2. The Morgan fingerprint density at radius 2 is 1.64 bits per heavy atom. The third-order valence-electron chi connectivity index (χ3n) is 3.83. The lowest BCUT2D eigenvalue weighted by Crippen LogP contribution is -2.41. The fourth-order valence-electron chi connectivity index (χ4n) is 2.59. The van der Waals surface area contributed by atoms with Crippen molar-refractivity contribution in [3.8, 4) is 0 Å². The number of nitrogens with zero attached hydrogens (tertiary/aromatic N) is 2. The van der Waals surface area contributed by atoms with Gasteiger partial charge < -0.3 is 10.6 Å². The average molecular weight is 326 g/mol. The summed E-state index contributed by atoms with van der Waals surface area (Å²) in [7, 11) is 1.98. The largest absolute Gasteiger partial charge is 0.330 e. The number of fused-ring (bicyclic) bond motifs is 1. The zero-order chi connectivity index (χ0) is 15.6. The highest BCUT2D eigenvalue weighted by molar-refractivity contribution is 6.21. The van der Waals surface area contributed by atoms with Gasteiger partial charge in [0.05, 0.1) is 11.1 Å². The summed E-state index contributed by atoms with van der Waals surface area (Å²) in [5, 5.41) is 0. The summed E-state index contributed by atoms with van der Waals surface area (Å²) in [6.07, 6.45) is 0. The average Bonchev–Trinajstić information content (AvgIpc) is 2.69. The SMILES string of the molecule is CN(CCN1C(=O)c2ccccc2C1=O)CC(C)(C)CN.Cl. The summed E-state index contributed by atoms with van der Waals surface area (Å²) in [4.78, 5) is 27.9. The summed E-state index contributed by atoms with van der Waals surface area (Å²) in [6, 6.07) is 6.97. The van der Waals surface area contributed by atoms with Crippen molar-refractivity contribution in [1.29, 1.82) is 0 Å². The van der Waals surface area contributed by atoms with E-state index in [1.807, 2.05) is 7.05 Å². The lowest BCUT2D eigenvalue weighted by molar-refractivity contribution is 0.0635. The quantitative estimate of drug-likeness (QED) is 0.807. The predicted octanol–water partition coefficient (Wildman–Crippen LogP) is 1.62. The first-order chi connectivity index (χ1) is 9.85. The first-order valence-electron chi connectivity index (χ1n) is 7.19. The van der Waals surface area contributed by atoms with Crippen molar-refractivity contribution >= 4 is 24.2 Å². The van der Waals surface area contributed by atoms with E-state index in [1.165, 1.54) is 4.90 Å².